The summed E-state index contributed by atoms with van der Waals surface area (Å²) in [5.74, 6) is -2.92. The van der Waals surface area contributed by atoms with Gasteiger partial charge in [0.2, 0.25) is 5.88 Å². The predicted octanol–water partition coefficient (Wildman–Crippen LogP) is 1.52. The molecule has 4 aliphatic rings. The zero-order valence-corrected chi connectivity index (χ0v) is 15.0. The van der Waals surface area contributed by atoms with E-state index in [2.05, 4.69) is 10.7 Å². The van der Waals surface area contributed by atoms with E-state index in [0.717, 1.165) is 36.2 Å². The molecule has 0 bridgehead atoms. The van der Waals surface area contributed by atoms with E-state index in [4.69, 9.17) is 0 Å². The van der Waals surface area contributed by atoms with Crippen LogP contribution in [0, 0.1) is 0 Å². The molecule has 0 aromatic heterocycles. The first-order valence-corrected chi connectivity index (χ1v) is 9.69. The number of carboxylic acids is 1. The first-order valence-electron chi connectivity index (χ1n) is 8.92. The number of aliphatic hydroxyl groups excluding tert-OH is 1. The van der Waals surface area contributed by atoms with Gasteiger partial charge in [-0.15, -0.1) is 4.41 Å². The molecule has 26 heavy (non-hydrogen) atoms. The van der Waals surface area contributed by atoms with E-state index >= 15 is 0 Å². The van der Waals surface area contributed by atoms with Crippen molar-refractivity contribution in [2.75, 3.05) is 0 Å². The van der Waals surface area contributed by atoms with Crippen molar-refractivity contribution in [1.82, 2.24) is 15.2 Å². The molecule has 2 aliphatic heterocycles. The average Bonchev–Trinajstić information content (AvgIpc) is 3.19. The molecule has 4 rings (SSSR count). The normalized spacial score (nSPS) is 27.8. The van der Waals surface area contributed by atoms with Gasteiger partial charge in [0.05, 0.1) is 0 Å². The van der Waals surface area contributed by atoms with Crippen molar-refractivity contribution < 1.29 is 24.6 Å². The highest BCUT2D eigenvalue weighted by Gasteiger charge is 2.49. The molecular formula is C17H21N3O5S. The van der Waals surface area contributed by atoms with Crippen LogP contribution in [0.1, 0.15) is 51.4 Å². The molecule has 1 saturated carbocycles. The molecule has 9 heteroatoms. The number of allylic oxidation sites excluding steroid dienone is 1. The number of Topliss-reactive ketones (excluding diaryl/α,β-unsaturated/α-hetero) is 1. The van der Waals surface area contributed by atoms with Gasteiger partial charge in [-0.3, -0.25) is 15.0 Å². The van der Waals surface area contributed by atoms with Gasteiger partial charge in [0.15, 0.2) is 5.78 Å². The summed E-state index contributed by atoms with van der Waals surface area (Å²) >= 11 is 1.40. The Morgan fingerprint density at radius 2 is 1.88 bits per heavy atom. The smallest absolute Gasteiger partial charge is 0.329 e. The fraction of sp³-hybridized carbons (Fsp3) is 0.588. The minimum atomic E-state index is -1.36. The van der Waals surface area contributed by atoms with Crippen LogP contribution < -0.4 is 10.7 Å². The van der Waals surface area contributed by atoms with Gasteiger partial charge in [-0.25, -0.2) is 4.79 Å². The van der Waals surface area contributed by atoms with E-state index < -0.39 is 35.1 Å². The number of hydrogen-bond acceptors (Lipinski definition) is 7. The molecule has 1 atom stereocenters. The zero-order valence-electron chi connectivity index (χ0n) is 14.2. The maximum Gasteiger partial charge on any atom is 0.329 e. The number of hydrazine groups is 1. The van der Waals surface area contributed by atoms with E-state index in [-0.39, 0.29) is 5.57 Å². The number of rotatable bonds is 3. The summed E-state index contributed by atoms with van der Waals surface area (Å²) in [6, 6.07) is -0.615. The highest BCUT2D eigenvalue weighted by atomic mass is 32.2. The number of carboxylic acid groups (broad SMARTS) is 1. The number of hydrogen-bond donors (Lipinski definition) is 4. The van der Waals surface area contributed by atoms with Gasteiger partial charge in [0, 0.05) is 4.91 Å². The van der Waals surface area contributed by atoms with Gasteiger partial charge < -0.3 is 15.5 Å². The number of carbonyl (C=O) groups is 3. The van der Waals surface area contributed by atoms with Gasteiger partial charge in [0.1, 0.15) is 17.2 Å². The average molecular weight is 379 g/mol. The highest BCUT2D eigenvalue weighted by Crippen LogP contribution is 2.46. The Labute approximate surface area is 154 Å². The molecule has 1 unspecified atom stereocenters. The van der Waals surface area contributed by atoms with E-state index in [1.807, 2.05) is 0 Å². The molecule has 4 N–H and O–H groups in total. The van der Waals surface area contributed by atoms with Gasteiger partial charge in [-0.1, -0.05) is 12.8 Å². The molecule has 0 saturated heterocycles. The molecule has 2 aliphatic carbocycles. The largest absolute Gasteiger partial charge is 0.493 e. The number of amides is 1. The predicted molar refractivity (Wildman–Crippen MR) is 93.5 cm³/mol. The minimum absolute atomic E-state index is 0.324. The van der Waals surface area contributed by atoms with Crippen LogP contribution >= 0.6 is 11.9 Å². The Morgan fingerprint density at radius 1 is 1.19 bits per heavy atom. The van der Waals surface area contributed by atoms with Crippen LogP contribution in [0.2, 0.25) is 0 Å². The van der Waals surface area contributed by atoms with Crippen molar-refractivity contribution in [3.63, 3.8) is 0 Å². The number of ketones is 1. The Balaban J connectivity index is 1.61. The highest BCUT2D eigenvalue weighted by molar-refractivity contribution is 8.01. The minimum Gasteiger partial charge on any atom is -0.493 e. The summed E-state index contributed by atoms with van der Waals surface area (Å²) in [4.78, 5) is 38.5. The summed E-state index contributed by atoms with van der Waals surface area (Å²) in [5.41, 5.74) is 1.99. The monoisotopic (exact) mass is 379 g/mol. The van der Waals surface area contributed by atoms with Crippen LogP contribution in [0.25, 0.3) is 0 Å². The van der Waals surface area contributed by atoms with Gasteiger partial charge in [0.25, 0.3) is 5.91 Å². The van der Waals surface area contributed by atoms with Gasteiger partial charge in [-0.2, -0.15) is 0 Å². The molecule has 1 amide bonds. The standard InChI is InChI=1S/C17H21N3O5S/c21-13-11(14(22)18-17(16(24)25)7-3-4-8-17)15(23)19-20-12(13)9-5-1-2-6-10(9)26-20/h12,19,23H,1-8H2,(H,18,22)(H,24,25). The SMILES string of the molecule is O=C(NC1(C(=O)O)CCCC1)C1=C(O)NN2SC3=C(CCCC3)C2C1=O. The molecule has 140 valence electrons. The topological polar surface area (TPSA) is 119 Å². The van der Waals surface area contributed by atoms with Crippen LogP contribution in [-0.4, -0.2) is 43.9 Å². The third-order valence-electron chi connectivity index (χ3n) is 5.63. The summed E-state index contributed by atoms with van der Waals surface area (Å²) in [7, 11) is 0. The maximum absolute atomic E-state index is 13.0. The lowest BCUT2D eigenvalue weighted by molar-refractivity contribution is -0.147. The van der Waals surface area contributed by atoms with Crippen LogP contribution in [0.3, 0.4) is 0 Å². The van der Waals surface area contributed by atoms with E-state index in [0.29, 0.717) is 25.7 Å². The Kier molecular flexibility index (Phi) is 4.23. The Hall–Kier alpha value is -2.00. The lowest BCUT2D eigenvalue weighted by Gasteiger charge is -2.32. The maximum atomic E-state index is 13.0. The van der Waals surface area contributed by atoms with Crippen LogP contribution in [0.15, 0.2) is 21.9 Å². The fourth-order valence-electron chi connectivity index (χ4n) is 4.24. The molecule has 8 nitrogen and oxygen atoms in total. The van der Waals surface area contributed by atoms with Crippen LogP contribution in [0.5, 0.6) is 0 Å². The number of carbonyl (C=O) groups excluding carboxylic acids is 2. The van der Waals surface area contributed by atoms with E-state index in [9.17, 15) is 24.6 Å². The van der Waals surface area contributed by atoms with Gasteiger partial charge >= 0.3 is 5.97 Å². The van der Waals surface area contributed by atoms with Crippen molar-refractivity contribution in [2.24, 2.45) is 0 Å². The van der Waals surface area contributed by atoms with Crippen molar-refractivity contribution in [1.29, 1.82) is 0 Å². The number of aliphatic hydroxyl groups is 1. The second kappa shape index (κ2) is 6.31. The Morgan fingerprint density at radius 3 is 2.58 bits per heavy atom. The third kappa shape index (κ3) is 2.61. The van der Waals surface area contributed by atoms with Crippen LogP contribution in [0.4, 0.5) is 0 Å². The van der Waals surface area contributed by atoms with Crippen molar-refractivity contribution in [3.05, 3.63) is 21.9 Å². The van der Waals surface area contributed by atoms with Crippen molar-refractivity contribution in [3.8, 4) is 0 Å². The lowest BCUT2D eigenvalue weighted by atomic mass is 9.88. The molecule has 2 heterocycles. The third-order valence-corrected chi connectivity index (χ3v) is 6.81. The van der Waals surface area contributed by atoms with Crippen molar-refractivity contribution >= 4 is 29.6 Å². The first-order chi connectivity index (χ1) is 12.4. The second-order valence-corrected chi connectivity index (χ2v) is 8.29. The Bertz CT molecular complexity index is 753. The van der Waals surface area contributed by atoms with Gasteiger partial charge in [-0.05, 0) is 56.0 Å². The second-order valence-electron chi connectivity index (χ2n) is 7.22. The molecule has 0 radical (unpaired) electrons. The summed E-state index contributed by atoms with van der Waals surface area (Å²) in [5, 5.41) is 22.3. The first kappa shape index (κ1) is 17.4. The lowest BCUT2D eigenvalue weighted by Crippen LogP contribution is -2.57. The number of nitrogens with one attached hydrogen (secondary N) is 2. The van der Waals surface area contributed by atoms with E-state index in [1.165, 1.54) is 11.9 Å². The number of nitrogens with zero attached hydrogens (tertiary/aromatic N) is 1. The molecule has 0 aromatic carbocycles. The number of fused-ring (bicyclic) bond motifs is 2. The van der Waals surface area contributed by atoms with Crippen LogP contribution in [-0.2, 0) is 14.4 Å². The summed E-state index contributed by atoms with van der Waals surface area (Å²) in [6.45, 7) is 0. The zero-order chi connectivity index (χ0) is 18.5. The van der Waals surface area contributed by atoms with E-state index in [1.54, 1.807) is 4.41 Å². The molecule has 1 fully saturated rings. The summed E-state index contributed by atoms with van der Waals surface area (Å²) < 4.78 is 1.59. The summed E-state index contributed by atoms with van der Waals surface area (Å²) in [6.07, 6.45) is 5.80. The van der Waals surface area contributed by atoms with Crippen molar-refractivity contribution in [2.45, 2.75) is 62.9 Å². The fourth-order valence-corrected chi connectivity index (χ4v) is 5.51. The molecule has 0 aromatic rings. The molecule has 0 spiro atoms. The quantitative estimate of drug-likeness (QED) is 0.430. The number of aliphatic carboxylic acids is 1. The molecular weight excluding hydrogens is 358 g/mol.